The van der Waals surface area contributed by atoms with Crippen molar-refractivity contribution in [2.75, 3.05) is 6.61 Å². The number of ether oxygens (including phenoxy) is 1. The first kappa shape index (κ1) is 19.8. The van der Waals surface area contributed by atoms with E-state index in [4.69, 9.17) is 4.74 Å². The summed E-state index contributed by atoms with van der Waals surface area (Å²) in [5.74, 6) is 1.21. The van der Waals surface area contributed by atoms with Gasteiger partial charge in [0.05, 0.1) is 6.10 Å². The molecule has 0 saturated heterocycles. The van der Waals surface area contributed by atoms with Gasteiger partial charge in [-0.15, -0.1) is 0 Å². The Morgan fingerprint density at radius 2 is 1.50 bits per heavy atom. The lowest BCUT2D eigenvalue weighted by Crippen LogP contribution is -2.41. The van der Waals surface area contributed by atoms with Crippen molar-refractivity contribution in [3.05, 3.63) is 35.4 Å². The molecule has 0 heterocycles. The molecule has 0 bridgehead atoms. The molecule has 0 amide bonds. The van der Waals surface area contributed by atoms with E-state index in [1.807, 2.05) is 19.1 Å². The van der Waals surface area contributed by atoms with Crippen LogP contribution < -0.4 is 0 Å². The largest absolute Gasteiger partial charge is 0.375 e. The van der Waals surface area contributed by atoms with E-state index in [1.54, 1.807) is 0 Å². The molecule has 0 aliphatic heterocycles. The average Bonchev–Trinajstić information content (AvgIpc) is 2.67. The third-order valence-electron chi connectivity index (χ3n) is 6.57. The van der Waals surface area contributed by atoms with Gasteiger partial charge < -0.3 is 4.74 Å². The van der Waals surface area contributed by atoms with Crippen LogP contribution in [0.3, 0.4) is 0 Å². The van der Waals surface area contributed by atoms with Gasteiger partial charge in [0.2, 0.25) is 0 Å². The Kier molecular flexibility index (Phi) is 7.08. The summed E-state index contributed by atoms with van der Waals surface area (Å²) >= 11 is 0. The molecule has 4 unspecified atom stereocenters. The lowest BCUT2D eigenvalue weighted by atomic mass is 9.76. The summed E-state index contributed by atoms with van der Waals surface area (Å²) in [7, 11) is 0. The Morgan fingerprint density at radius 1 is 0.846 bits per heavy atom. The van der Waals surface area contributed by atoms with Crippen LogP contribution in [0.2, 0.25) is 0 Å². The minimum absolute atomic E-state index is 0.337. The van der Waals surface area contributed by atoms with Gasteiger partial charge in [0, 0.05) is 12.5 Å². The Morgan fingerprint density at radius 3 is 2.12 bits per heavy atom. The molecule has 3 heteroatoms. The van der Waals surface area contributed by atoms with Crippen molar-refractivity contribution in [2.45, 2.75) is 95.5 Å². The third-order valence-corrected chi connectivity index (χ3v) is 6.57. The van der Waals surface area contributed by atoms with Crippen molar-refractivity contribution in [3.63, 3.8) is 0 Å². The van der Waals surface area contributed by atoms with Gasteiger partial charge in [-0.25, -0.2) is 8.78 Å². The summed E-state index contributed by atoms with van der Waals surface area (Å²) in [6, 6.07) is 8.40. The second kappa shape index (κ2) is 9.30. The highest BCUT2D eigenvalue weighted by atomic mass is 19.2. The fourth-order valence-corrected chi connectivity index (χ4v) is 5.04. The molecule has 4 atom stereocenters. The number of halogens is 2. The maximum absolute atomic E-state index is 14.6. The lowest BCUT2D eigenvalue weighted by molar-refractivity contribution is -0.0582. The maximum Gasteiger partial charge on any atom is 0.158 e. The van der Waals surface area contributed by atoms with Gasteiger partial charge in [0.15, 0.2) is 6.17 Å². The molecule has 146 valence electrons. The Hall–Kier alpha value is -0.960. The van der Waals surface area contributed by atoms with Crippen LogP contribution in [0, 0.1) is 5.92 Å². The summed E-state index contributed by atoms with van der Waals surface area (Å²) in [6.07, 6.45) is 5.55. The van der Waals surface area contributed by atoms with Crippen molar-refractivity contribution >= 4 is 0 Å². The zero-order valence-corrected chi connectivity index (χ0v) is 16.3. The standard InChI is InChI=1S/C23H34F2O/c1-3-5-16-6-8-17(9-7-16)18-10-12-19(13-11-18)20-14-15-21(26-4-2)23(25)22(20)24/h10-13,16-17,20-23H,3-9,14-15H2,1-2H3. The lowest BCUT2D eigenvalue weighted by Gasteiger charge is -2.35. The molecule has 1 aromatic carbocycles. The van der Waals surface area contributed by atoms with Gasteiger partial charge in [0.25, 0.3) is 0 Å². The van der Waals surface area contributed by atoms with E-state index in [9.17, 15) is 8.78 Å². The SMILES string of the molecule is CCCC1CCC(c2ccc(C3CCC(OCC)C(F)C3F)cc2)CC1. The molecule has 2 saturated carbocycles. The highest BCUT2D eigenvalue weighted by Crippen LogP contribution is 2.40. The minimum Gasteiger partial charge on any atom is -0.375 e. The van der Waals surface area contributed by atoms with Gasteiger partial charge >= 0.3 is 0 Å². The molecule has 2 aliphatic rings. The molecular weight excluding hydrogens is 330 g/mol. The average molecular weight is 365 g/mol. The molecule has 0 aromatic heterocycles. The first-order valence-corrected chi connectivity index (χ1v) is 10.6. The summed E-state index contributed by atoms with van der Waals surface area (Å²) in [5.41, 5.74) is 2.32. The van der Waals surface area contributed by atoms with Gasteiger partial charge in [-0.3, -0.25) is 0 Å². The molecule has 3 rings (SSSR count). The Bertz CT molecular complexity index is 536. The predicted octanol–water partition coefficient (Wildman–Crippen LogP) is 6.72. The highest BCUT2D eigenvalue weighted by molar-refractivity contribution is 5.29. The van der Waals surface area contributed by atoms with Crippen molar-refractivity contribution < 1.29 is 13.5 Å². The van der Waals surface area contributed by atoms with Gasteiger partial charge in [-0.1, -0.05) is 44.0 Å². The quantitative estimate of drug-likeness (QED) is 0.544. The number of alkyl halides is 2. The second-order valence-corrected chi connectivity index (χ2v) is 8.24. The molecule has 26 heavy (non-hydrogen) atoms. The number of benzene rings is 1. The van der Waals surface area contributed by atoms with Crippen LogP contribution in [0.5, 0.6) is 0 Å². The van der Waals surface area contributed by atoms with E-state index in [1.165, 1.54) is 44.1 Å². The summed E-state index contributed by atoms with van der Waals surface area (Å²) < 4.78 is 34.3. The highest BCUT2D eigenvalue weighted by Gasteiger charge is 2.41. The van der Waals surface area contributed by atoms with Crippen LogP contribution >= 0.6 is 0 Å². The zero-order valence-electron chi connectivity index (χ0n) is 16.3. The van der Waals surface area contributed by atoms with Crippen molar-refractivity contribution in [3.8, 4) is 0 Å². The fourth-order valence-electron chi connectivity index (χ4n) is 5.04. The monoisotopic (exact) mass is 364 g/mol. The summed E-state index contributed by atoms with van der Waals surface area (Å²) in [6.45, 7) is 4.55. The molecule has 0 radical (unpaired) electrons. The summed E-state index contributed by atoms with van der Waals surface area (Å²) in [4.78, 5) is 0. The Labute approximate surface area is 157 Å². The molecule has 2 aliphatic carbocycles. The topological polar surface area (TPSA) is 9.23 Å². The van der Waals surface area contributed by atoms with E-state index in [0.717, 1.165) is 11.5 Å². The molecule has 1 nitrogen and oxygen atoms in total. The molecule has 2 fully saturated rings. The molecule has 1 aromatic rings. The van der Waals surface area contributed by atoms with Crippen molar-refractivity contribution in [2.24, 2.45) is 5.92 Å². The molecule has 0 spiro atoms. The predicted molar refractivity (Wildman–Crippen MR) is 103 cm³/mol. The van der Waals surface area contributed by atoms with Gasteiger partial charge in [0.1, 0.15) is 6.17 Å². The number of hydrogen-bond acceptors (Lipinski definition) is 1. The third kappa shape index (κ3) is 4.47. The zero-order chi connectivity index (χ0) is 18.5. The van der Waals surface area contributed by atoms with E-state index < -0.39 is 18.4 Å². The van der Waals surface area contributed by atoms with Crippen LogP contribution in [-0.2, 0) is 4.74 Å². The molecule has 0 N–H and O–H groups in total. The van der Waals surface area contributed by atoms with Crippen molar-refractivity contribution in [1.29, 1.82) is 0 Å². The second-order valence-electron chi connectivity index (χ2n) is 8.24. The maximum atomic E-state index is 14.6. The first-order chi connectivity index (χ1) is 12.6. The minimum atomic E-state index is -1.51. The van der Waals surface area contributed by atoms with Crippen LogP contribution in [0.1, 0.15) is 88.2 Å². The van der Waals surface area contributed by atoms with Crippen LogP contribution in [0.25, 0.3) is 0 Å². The number of hydrogen-bond donors (Lipinski definition) is 0. The number of rotatable bonds is 6. The smallest absolute Gasteiger partial charge is 0.158 e. The van der Waals surface area contributed by atoms with E-state index >= 15 is 0 Å². The van der Waals surface area contributed by atoms with Crippen LogP contribution in [0.15, 0.2) is 24.3 Å². The Balaban J connectivity index is 1.60. The van der Waals surface area contributed by atoms with Crippen molar-refractivity contribution in [1.82, 2.24) is 0 Å². The molecular formula is C23H34F2O. The van der Waals surface area contributed by atoms with Crippen LogP contribution in [0.4, 0.5) is 8.78 Å². The van der Waals surface area contributed by atoms with Gasteiger partial charge in [-0.2, -0.15) is 0 Å². The van der Waals surface area contributed by atoms with E-state index in [2.05, 4.69) is 19.1 Å². The van der Waals surface area contributed by atoms with E-state index in [-0.39, 0.29) is 5.92 Å². The van der Waals surface area contributed by atoms with E-state index in [0.29, 0.717) is 25.4 Å². The summed E-state index contributed by atoms with van der Waals surface area (Å²) in [5, 5.41) is 0. The normalized spacial score (nSPS) is 35.4. The van der Waals surface area contributed by atoms with Gasteiger partial charge in [-0.05, 0) is 68.4 Å². The fraction of sp³-hybridized carbons (Fsp3) is 0.739. The van der Waals surface area contributed by atoms with Crippen LogP contribution in [-0.4, -0.2) is 25.1 Å². The first-order valence-electron chi connectivity index (χ1n) is 10.6.